The third kappa shape index (κ3) is 4.75. The topological polar surface area (TPSA) is 72.5 Å². The molecule has 4 nitrogen and oxygen atoms in total. The number of para-hydroxylation sites is 1. The standard InChI is InChI=1S/C23H22FNO3/c1-15(25)17-6-4-7-18(12-17)20-11-16(9-10-21(20)24)14-28-22-8-3-2-5-19(22)13-23(26)27/h2-12,15H,13-14,25H2,1H3,(H,26,27)/t15-/m1/s1. The van der Waals surface area contributed by atoms with Crippen LogP contribution >= 0.6 is 0 Å². The highest BCUT2D eigenvalue weighted by atomic mass is 19.1. The van der Waals surface area contributed by atoms with Crippen molar-refractivity contribution < 1.29 is 19.0 Å². The summed E-state index contributed by atoms with van der Waals surface area (Å²) in [6.45, 7) is 2.09. The van der Waals surface area contributed by atoms with Gasteiger partial charge in [0.05, 0.1) is 6.42 Å². The third-order valence-electron chi connectivity index (χ3n) is 4.46. The zero-order valence-electron chi connectivity index (χ0n) is 15.6. The van der Waals surface area contributed by atoms with Gasteiger partial charge in [-0.05, 0) is 47.9 Å². The molecule has 0 aliphatic rings. The van der Waals surface area contributed by atoms with Gasteiger partial charge in [-0.25, -0.2) is 4.39 Å². The smallest absolute Gasteiger partial charge is 0.307 e. The van der Waals surface area contributed by atoms with Crippen molar-refractivity contribution in [3.8, 4) is 16.9 Å². The number of nitrogens with two attached hydrogens (primary N) is 1. The van der Waals surface area contributed by atoms with Crippen LogP contribution < -0.4 is 10.5 Å². The molecule has 3 N–H and O–H groups in total. The lowest BCUT2D eigenvalue weighted by molar-refractivity contribution is -0.136. The molecular weight excluding hydrogens is 357 g/mol. The lowest BCUT2D eigenvalue weighted by Crippen LogP contribution is -2.05. The number of rotatable bonds is 7. The Kier molecular flexibility index (Phi) is 6.06. The van der Waals surface area contributed by atoms with Gasteiger partial charge >= 0.3 is 5.97 Å². The quantitative estimate of drug-likeness (QED) is 0.623. The first-order valence-corrected chi connectivity index (χ1v) is 9.01. The zero-order chi connectivity index (χ0) is 20.1. The molecule has 144 valence electrons. The molecule has 0 aliphatic carbocycles. The van der Waals surface area contributed by atoms with E-state index in [1.165, 1.54) is 6.07 Å². The molecular formula is C23H22FNO3. The normalized spacial score (nSPS) is 11.8. The maximum absolute atomic E-state index is 14.4. The monoisotopic (exact) mass is 379 g/mol. The van der Waals surface area contributed by atoms with Crippen molar-refractivity contribution in [2.24, 2.45) is 5.73 Å². The van der Waals surface area contributed by atoms with Gasteiger partial charge in [0.15, 0.2) is 0 Å². The fourth-order valence-corrected chi connectivity index (χ4v) is 2.99. The molecule has 0 bridgehead atoms. The van der Waals surface area contributed by atoms with Gasteiger partial charge in [-0.3, -0.25) is 4.79 Å². The third-order valence-corrected chi connectivity index (χ3v) is 4.46. The molecule has 0 fully saturated rings. The fourth-order valence-electron chi connectivity index (χ4n) is 2.99. The van der Waals surface area contributed by atoms with E-state index in [0.717, 1.165) is 16.7 Å². The Labute approximate surface area is 163 Å². The van der Waals surface area contributed by atoms with Crippen LogP contribution in [0.15, 0.2) is 66.7 Å². The number of benzene rings is 3. The van der Waals surface area contributed by atoms with E-state index in [1.54, 1.807) is 36.4 Å². The number of halogens is 1. The highest BCUT2D eigenvalue weighted by molar-refractivity contribution is 5.71. The molecule has 0 aromatic heterocycles. The number of carbonyl (C=O) groups is 1. The molecule has 0 spiro atoms. The van der Waals surface area contributed by atoms with E-state index >= 15 is 0 Å². The minimum atomic E-state index is -0.922. The van der Waals surface area contributed by atoms with Crippen molar-refractivity contribution in [2.75, 3.05) is 0 Å². The molecule has 0 heterocycles. The second-order valence-electron chi connectivity index (χ2n) is 6.70. The van der Waals surface area contributed by atoms with Gasteiger partial charge in [-0.2, -0.15) is 0 Å². The molecule has 0 saturated carbocycles. The highest BCUT2D eigenvalue weighted by Gasteiger charge is 2.11. The Morgan fingerprint density at radius 3 is 2.64 bits per heavy atom. The average molecular weight is 379 g/mol. The summed E-state index contributed by atoms with van der Waals surface area (Å²) in [5, 5.41) is 9.02. The van der Waals surface area contributed by atoms with Crippen LogP contribution in [-0.2, 0) is 17.8 Å². The number of hydrogen-bond donors (Lipinski definition) is 2. The molecule has 0 amide bonds. The molecule has 1 atom stereocenters. The molecule has 0 radical (unpaired) electrons. The fraction of sp³-hybridized carbons (Fsp3) is 0.174. The van der Waals surface area contributed by atoms with Gasteiger partial charge in [0.1, 0.15) is 18.2 Å². The van der Waals surface area contributed by atoms with Gasteiger partial charge in [0.25, 0.3) is 0 Å². The van der Waals surface area contributed by atoms with E-state index in [0.29, 0.717) is 16.9 Å². The van der Waals surface area contributed by atoms with E-state index < -0.39 is 5.97 Å². The zero-order valence-corrected chi connectivity index (χ0v) is 15.6. The Hall–Kier alpha value is -3.18. The largest absolute Gasteiger partial charge is 0.489 e. The first kappa shape index (κ1) is 19.6. The number of hydrogen-bond acceptors (Lipinski definition) is 3. The van der Waals surface area contributed by atoms with Crippen LogP contribution in [0.5, 0.6) is 5.75 Å². The molecule has 28 heavy (non-hydrogen) atoms. The van der Waals surface area contributed by atoms with Crippen LogP contribution in [0, 0.1) is 5.82 Å². The van der Waals surface area contributed by atoms with Crippen LogP contribution in [0.3, 0.4) is 0 Å². The Bertz CT molecular complexity index is 985. The minimum absolute atomic E-state index is 0.116. The molecule has 3 rings (SSSR count). The summed E-state index contributed by atoms with van der Waals surface area (Å²) in [6, 6.07) is 19.2. The molecule has 5 heteroatoms. The van der Waals surface area contributed by atoms with Crippen molar-refractivity contribution in [1.29, 1.82) is 0 Å². The number of carboxylic acid groups (broad SMARTS) is 1. The minimum Gasteiger partial charge on any atom is -0.489 e. The lowest BCUT2D eigenvalue weighted by Gasteiger charge is -2.13. The van der Waals surface area contributed by atoms with Crippen molar-refractivity contribution in [3.05, 3.63) is 89.2 Å². The van der Waals surface area contributed by atoms with Crippen molar-refractivity contribution >= 4 is 5.97 Å². The lowest BCUT2D eigenvalue weighted by atomic mass is 9.98. The van der Waals surface area contributed by atoms with Crippen molar-refractivity contribution in [2.45, 2.75) is 26.0 Å². The van der Waals surface area contributed by atoms with Crippen LogP contribution in [0.25, 0.3) is 11.1 Å². The maximum Gasteiger partial charge on any atom is 0.307 e. The van der Waals surface area contributed by atoms with E-state index in [1.807, 2.05) is 31.2 Å². The Morgan fingerprint density at radius 2 is 1.89 bits per heavy atom. The second kappa shape index (κ2) is 8.67. The van der Waals surface area contributed by atoms with Gasteiger partial charge < -0.3 is 15.6 Å². The van der Waals surface area contributed by atoms with Gasteiger partial charge in [0.2, 0.25) is 0 Å². The first-order chi connectivity index (χ1) is 13.4. The summed E-state index contributed by atoms with van der Waals surface area (Å²) in [7, 11) is 0. The summed E-state index contributed by atoms with van der Waals surface area (Å²) >= 11 is 0. The Morgan fingerprint density at radius 1 is 1.11 bits per heavy atom. The molecule has 3 aromatic carbocycles. The molecule has 0 saturated heterocycles. The average Bonchev–Trinajstić information content (AvgIpc) is 2.68. The molecule has 0 unspecified atom stereocenters. The van der Waals surface area contributed by atoms with Crippen LogP contribution in [0.1, 0.15) is 29.7 Å². The summed E-state index contributed by atoms with van der Waals surface area (Å²) in [6.07, 6.45) is -0.116. The summed E-state index contributed by atoms with van der Waals surface area (Å²) < 4.78 is 20.2. The van der Waals surface area contributed by atoms with Crippen LogP contribution in [0.2, 0.25) is 0 Å². The van der Waals surface area contributed by atoms with Gasteiger partial charge in [-0.15, -0.1) is 0 Å². The molecule has 3 aromatic rings. The number of aliphatic carboxylic acids is 1. The molecule has 0 aliphatic heterocycles. The predicted molar refractivity (Wildman–Crippen MR) is 107 cm³/mol. The number of carboxylic acids is 1. The van der Waals surface area contributed by atoms with E-state index in [9.17, 15) is 9.18 Å². The van der Waals surface area contributed by atoms with Crippen molar-refractivity contribution in [3.63, 3.8) is 0 Å². The van der Waals surface area contributed by atoms with E-state index in [2.05, 4.69) is 0 Å². The van der Waals surface area contributed by atoms with Crippen LogP contribution in [-0.4, -0.2) is 11.1 Å². The first-order valence-electron chi connectivity index (χ1n) is 9.01. The number of ether oxygens (including phenoxy) is 1. The summed E-state index contributed by atoms with van der Waals surface area (Å²) in [4.78, 5) is 11.0. The van der Waals surface area contributed by atoms with E-state index in [4.69, 9.17) is 15.6 Å². The SMILES string of the molecule is C[C@@H](N)c1cccc(-c2cc(COc3ccccc3CC(=O)O)ccc2F)c1. The van der Waals surface area contributed by atoms with Crippen LogP contribution in [0.4, 0.5) is 4.39 Å². The van der Waals surface area contributed by atoms with Crippen molar-refractivity contribution in [1.82, 2.24) is 0 Å². The maximum atomic E-state index is 14.4. The van der Waals surface area contributed by atoms with E-state index in [-0.39, 0.29) is 24.9 Å². The second-order valence-corrected chi connectivity index (χ2v) is 6.70. The summed E-state index contributed by atoms with van der Waals surface area (Å²) in [5.41, 5.74) is 9.47. The van der Waals surface area contributed by atoms with Gasteiger partial charge in [0, 0.05) is 17.2 Å². The summed E-state index contributed by atoms with van der Waals surface area (Å²) in [5.74, 6) is -0.735. The highest BCUT2D eigenvalue weighted by Crippen LogP contribution is 2.27. The van der Waals surface area contributed by atoms with Gasteiger partial charge in [-0.1, -0.05) is 42.5 Å². The Balaban J connectivity index is 1.83. The predicted octanol–water partition coefficient (Wildman–Crippen LogP) is 4.72.